The van der Waals surface area contributed by atoms with Gasteiger partial charge in [-0.3, -0.25) is 0 Å². The normalized spacial score (nSPS) is 9.43. The van der Waals surface area contributed by atoms with Gasteiger partial charge in [0.15, 0.2) is 0 Å². The van der Waals surface area contributed by atoms with Crippen LogP contribution in [-0.2, 0) is 4.74 Å². The number of nitrogens with zero attached hydrogens (tertiary/aromatic N) is 1. The van der Waals surface area contributed by atoms with E-state index in [0.29, 0.717) is 12.2 Å². The van der Waals surface area contributed by atoms with Gasteiger partial charge in [0.1, 0.15) is 0 Å². The second-order valence-corrected chi connectivity index (χ2v) is 2.81. The molecule has 1 aromatic rings. The number of nitrogens with one attached hydrogen (secondary N) is 1. The third-order valence-corrected chi connectivity index (χ3v) is 1.79. The average Bonchev–Trinajstić information content (AvgIpc) is 2.25. The number of benzene rings is 1. The van der Waals surface area contributed by atoms with E-state index < -0.39 is 0 Å². The average molecular weight is 190 g/mol. The van der Waals surface area contributed by atoms with Crippen LogP contribution in [0.3, 0.4) is 0 Å². The monoisotopic (exact) mass is 190 g/mol. The van der Waals surface area contributed by atoms with Gasteiger partial charge in [0.2, 0.25) is 0 Å². The molecular formula is C11H14N2O. The van der Waals surface area contributed by atoms with Crippen LogP contribution in [0.2, 0.25) is 0 Å². The number of anilines is 1. The molecule has 0 aromatic heterocycles. The minimum Gasteiger partial charge on any atom is -0.383 e. The van der Waals surface area contributed by atoms with Crippen molar-refractivity contribution in [3.8, 4) is 6.07 Å². The minimum atomic E-state index is 0.681. The zero-order valence-corrected chi connectivity index (χ0v) is 8.29. The molecule has 3 heteroatoms. The van der Waals surface area contributed by atoms with E-state index in [-0.39, 0.29) is 0 Å². The van der Waals surface area contributed by atoms with Crippen molar-refractivity contribution in [2.24, 2.45) is 0 Å². The van der Waals surface area contributed by atoms with Crippen LogP contribution in [0.15, 0.2) is 24.3 Å². The van der Waals surface area contributed by atoms with Crippen molar-refractivity contribution in [1.29, 1.82) is 5.26 Å². The second-order valence-electron chi connectivity index (χ2n) is 2.81. The Bertz CT molecular complexity index is 300. The van der Waals surface area contributed by atoms with Gasteiger partial charge < -0.3 is 10.1 Å². The topological polar surface area (TPSA) is 45.0 Å². The van der Waals surface area contributed by atoms with Gasteiger partial charge in [-0.05, 0) is 31.2 Å². The summed E-state index contributed by atoms with van der Waals surface area (Å²) in [7, 11) is 0. The first-order valence-electron chi connectivity index (χ1n) is 4.68. The fraction of sp³-hybridized carbons (Fsp3) is 0.364. The molecule has 1 N–H and O–H groups in total. The number of rotatable bonds is 5. The Balaban J connectivity index is 2.33. The van der Waals surface area contributed by atoms with Crippen molar-refractivity contribution in [3.63, 3.8) is 0 Å². The number of ether oxygens (including phenoxy) is 1. The predicted octanol–water partition coefficient (Wildman–Crippen LogP) is 2.01. The minimum absolute atomic E-state index is 0.681. The third-order valence-electron chi connectivity index (χ3n) is 1.79. The Morgan fingerprint density at radius 2 is 2.07 bits per heavy atom. The van der Waals surface area contributed by atoms with E-state index in [4.69, 9.17) is 10.00 Å². The van der Waals surface area contributed by atoms with Crippen LogP contribution in [-0.4, -0.2) is 19.8 Å². The Morgan fingerprint density at radius 3 is 2.64 bits per heavy atom. The van der Waals surface area contributed by atoms with Gasteiger partial charge in [0, 0.05) is 18.8 Å². The van der Waals surface area contributed by atoms with Crippen molar-refractivity contribution in [3.05, 3.63) is 29.8 Å². The van der Waals surface area contributed by atoms with Crippen LogP contribution in [0.4, 0.5) is 5.69 Å². The molecule has 0 saturated heterocycles. The zero-order chi connectivity index (χ0) is 10.2. The molecule has 0 bridgehead atoms. The molecule has 0 aliphatic carbocycles. The van der Waals surface area contributed by atoms with E-state index in [0.717, 1.165) is 18.8 Å². The molecular weight excluding hydrogens is 176 g/mol. The van der Waals surface area contributed by atoms with Crippen LogP contribution in [0.25, 0.3) is 0 Å². The third kappa shape index (κ3) is 3.46. The summed E-state index contributed by atoms with van der Waals surface area (Å²) >= 11 is 0. The Labute approximate surface area is 84.3 Å². The van der Waals surface area contributed by atoms with Gasteiger partial charge in [-0.2, -0.15) is 5.26 Å². The molecule has 1 rings (SSSR count). The second kappa shape index (κ2) is 6.01. The molecule has 0 aliphatic rings. The molecule has 0 amide bonds. The Kier molecular flexibility index (Phi) is 4.53. The van der Waals surface area contributed by atoms with E-state index >= 15 is 0 Å². The Hall–Kier alpha value is -1.53. The van der Waals surface area contributed by atoms with Crippen molar-refractivity contribution in [2.75, 3.05) is 25.1 Å². The van der Waals surface area contributed by atoms with E-state index in [1.54, 1.807) is 12.1 Å². The summed E-state index contributed by atoms with van der Waals surface area (Å²) in [6.45, 7) is 4.22. The van der Waals surface area contributed by atoms with E-state index in [1.807, 2.05) is 19.1 Å². The lowest BCUT2D eigenvalue weighted by atomic mass is 10.2. The first-order chi connectivity index (χ1) is 6.86. The van der Waals surface area contributed by atoms with Crippen molar-refractivity contribution < 1.29 is 4.74 Å². The van der Waals surface area contributed by atoms with Crippen LogP contribution < -0.4 is 5.32 Å². The summed E-state index contributed by atoms with van der Waals surface area (Å²) in [5, 5.41) is 11.8. The molecule has 0 fully saturated rings. The lowest BCUT2D eigenvalue weighted by Gasteiger charge is -2.05. The maximum absolute atomic E-state index is 8.58. The summed E-state index contributed by atoms with van der Waals surface area (Å²) in [5.74, 6) is 0. The molecule has 14 heavy (non-hydrogen) atoms. The molecule has 74 valence electrons. The van der Waals surface area contributed by atoms with Gasteiger partial charge in [0.05, 0.1) is 18.2 Å². The highest BCUT2D eigenvalue weighted by atomic mass is 16.5. The quantitative estimate of drug-likeness (QED) is 0.722. The zero-order valence-electron chi connectivity index (χ0n) is 8.29. The lowest BCUT2D eigenvalue weighted by Crippen LogP contribution is -2.08. The van der Waals surface area contributed by atoms with Crippen molar-refractivity contribution in [1.82, 2.24) is 0 Å². The largest absolute Gasteiger partial charge is 0.383 e. The molecule has 0 spiro atoms. The molecule has 0 atom stereocenters. The highest BCUT2D eigenvalue weighted by Crippen LogP contribution is 2.07. The molecule has 0 heterocycles. The summed E-state index contributed by atoms with van der Waals surface area (Å²) in [6, 6.07) is 9.45. The summed E-state index contributed by atoms with van der Waals surface area (Å²) in [6.07, 6.45) is 0. The first-order valence-corrected chi connectivity index (χ1v) is 4.68. The predicted molar refractivity (Wildman–Crippen MR) is 56.1 cm³/mol. The summed E-state index contributed by atoms with van der Waals surface area (Å²) in [4.78, 5) is 0. The maximum Gasteiger partial charge on any atom is 0.0991 e. The first kappa shape index (κ1) is 10.6. The van der Waals surface area contributed by atoms with Crippen LogP contribution >= 0.6 is 0 Å². The maximum atomic E-state index is 8.58. The lowest BCUT2D eigenvalue weighted by molar-refractivity contribution is 0.158. The van der Waals surface area contributed by atoms with Crippen LogP contribution in [0.1, 0.15) is 12.5 Å². The molecule has 0 radical (unpaired) electrons. The van der Waals surface area contributed by atoms with Crippen LogP contribution in [0.5, 0.6) is 0 Å². The van der Waals surface area contributed by atoms with Crippen molar-refractivity contribution in [2.45, 2.75) is 6.92 Å². The molecule has 1 aromatic carbocycles. The molecule has 0 unspecified atom stereocenters. The smallest absolute Gasteiger partial charge is 0.0991 e. The van der Waals surface area contributed by atoms with Gasteiger partial charge in [-0.25, -0.2) is 0 Å². The summed E-state index contributed by atoms with van der Waals surface area (Å²) in [5.41, 5.74) is 1.70. The van der Waals surface area contributed by atoms with Crippen molar-refractivity contribution >= 4 is 5.69 Å². The highest BCUT2D eigenvalue weighted by molar-refractivity contribution is 5.46. The molecule has 0 saturated carbocycles. The van der Waals surface area contributed by atoms with E-state index in [1.165, 1.54) is 0 Å². The fourth-order valence-corrected chi connectivity index (χ4v) is 1.07. The molecule has 3 nitrogen and oxygen atoms in total. The number of hydrogen-bond acceptors (Lipinski definition) is 3. The van der Waals surface area contributed by atoms with Gasteiger partial charge in [-0.1, -0.05) is 0 Å². The summed E-state index contributed by atoms with van der Waals surface area (Å²) < 4.78 is 5.19. The fourth-order valence-electron chi connectivity index (χ4n) is 1.07. The van der Waals surface area contributed by atoms with E-state index in [2.05, 4.69) is 11.4 Å². The van der Waals surface area contributed by atoms with Gasteiger partial charge in [-0.15, -0.1) is 0 Å². The number of hydrogen-bond donors (Lipinski definition) is 1. The highest BCUT2D eigenvalue weighted by Gasteiger charge is 1.92. The van der Waals surface area contributed by atoms with E-state index in [9.17, 15) is 0 Å². The standard InChI is InChI=1S/C11H14N2O/c1-2-14-8-7-13-11-5-3-10(9-12)4-6-11/h3-6,13H,2,7-8H2,1H3. The van der Waals surface area contributed by atoms with Crippen LogP contribution in [0, 0.1) is 11.3 Å². The van der Waals surface area contributed by atoms with Gasteiger partial charge >= 0.3 is 0 Å². The Morgan fingerprint density at radius 1 is 1.36 bits per heavy atom. The molecule has 0 aliphatic heterocycles. The SMILES string of the molecule is CCOCCNc1ccc(C#N)cc1. The van der Waals surface area contributed by atoms with Gasteiger partial charge in [0.25, 0.3) is 0 Å². The number of nitriles is 1.